The summed E-state index contributed by atoms with van der Waals surface area (Å²) < 4.78 is 0.690. The fraction of sp³-hybridized carbons (Fsp3) is 0.308. The summed E-state index contributed by atoms with van der Waals surface area (Å²) in [5, 5.41) is 0. The van der Waals surface area contributed by atoms with Crippen molar-refractivity contribution in [3.05, 3.63) is 52.3 Å². The summed E-state index contributed by atoms with van der Waals surface area (Å²) in [4.78, 5) is 11.8. The maximum atomic E-state index is 5.21. The number of hydrogen-bond acceptors (Lipinski definition) is 3. The molecule has 0 atom stereocenters. The van der Waals surface area contributed by atoms with Crippen LogP contribution in [0.3, 0.4) is 0 Å². The third-order valence-corrected chi connectivity index (χ3v) is 3.16. The van der Waals surface area contributed by atoms with Crippen molar-refractivity contribution >= 4 is 12.2 Å². The number of nitrogens with one attached hydrogen (secondary N) is 1. The van der Waals surface area contributed by atoms with Gasteiger partial charge in [-0.05, 0) is 42.5 Å². The second-order valence-corrected chi connectivity index (χ2v) is 4.85. The van der Waals surface area contributed by atoms with Crippen LogP contribution in [0.4, 0.5) is 0 Å². The molecule has 17 heavy (non-hydrogen) atoms. The van der Waals surface area contributed by atoms with Crippen molar-refractivity contribution in [2.75, 3.05) is 0 Å². The van der Waals surface area contributed by atoms with E-state index in [4.69, 9.17) is 12.2 Å². The van der Waals surface area contributed by atoms with E-state index in [1.165, 1.54) is 24.1 Å². The molecule has 0 spiro atoms. The van der Waals surface area contributed by atoms with Crippen LogP contribution in [0.1, 0.15) is 35.8 Å². The predicted molar refractivity (Wildman–Crippen MR) is 68.4 cm³/mol. The Morgan fingerprint density at radius 3 is 2.76 bits per heavy atom. The van der Waals surface area contributed by atoms with Crippen molar-refractivity contribution in [3.8, 4) is 0 Å². The van der Waals surface area contributed by atoms with Gasteiger partial charge in [-0.3, -0.25) is 4.98 Å². The van der Waals surface area contributed by atoms with E-state index in [1.807, 2.05) is 18.2 Å². The van der Waals surface area contributed by atoms with Crippen LogP contribution in [0.25, 0.3) is 0 Å². The Bertz CT molecular complexity index is 573. The third kappa shape index (κ3) is 2.58. The van der Waals surface area contributed by atoms with Crippen molar-refractivity contribution in [1.82, 2.24) is 15.0 Å². The van der Waals surface area contributed by atoms with Gasteiger partial charge in [-0.1, -0.05) is 12.2 Å². The molecular weight excluding hydrogens is 230 g/mol. The molecule has 1 aliphatic carbocycles. The molecular formula is C13H13N3S. The molecule has 4 heteroatoms. The fourth-order valence-electron chi connectivity index (χ4n) is 1.92. The van der Waals surface area contributed by atoms with Crippen LogP contribution in [-0.2, 0) is 6.42 Å². The van der Waals surface area contributed by atoms with Crippen molar-refractivity contribution in [2.45, 2.75) is 25.2 Å². The normalized spacial score (nSPS) is 14.8. The molecule has 1 N–H and O–H groups in total. The summed E-state index contributed by atoms with van der Waals surface area (Å²) in [6, 6.07) is 5.99. The van der Waals surface area contributed by atoms with Crippen molar-refractivity contribution in [1.29, 1.82) is 0 Å². The number of H-pyrrole nitrogens is 1. The van der Waals surface area contributed by atoms with Crippen LogP contribution in [-0.4, -0.2) is 15.0 Å². The predicted octanol–water partition coefficient (Wildman–Crippen LogP) is 3.00. The number of aromatic amines is 1. The monoisotopic (exact) mass is 243 g/mol. The van der Waals surface area contributed by atoms with E-state index in [1.54, 1.807) is 12.4 Å². The van der Waals surface area contributed by atoms with Gasteiger partial charge in [0.2, 0.25) is 0 Å². The fourth-order valence-corrected chi connectivity index (χ4v) is 2.16. The van der Waals surface area contributed by atoms with Gasteiger partial charge < -0.3 is 4.98 Å². The SMILES string of the molecule is S=c1cc(C2CC2)[nH]c(Cc2ccncc2)n1. The lowest BCUT2D eigenvalue weighted by atomic mass is 10.2. The van der Waals surface area contributed by atoms with Gasteiger partial charge in [-0.15, -0.1) is 0 Å². The highest BCUT2D eigenvalue weighted by molar-refractivity contribution is 7.71. The van der Waals surface area contributed by atoms with Crippen molar-refractivity contribution in [3.63, 3.8) is 0 Å². The number of nitrogens with zero attached hydrogens (tertiary/aromatic N) is 2. The van der Waals surface area contributed by atoms with Gasteiger partial charge in [0.15, 0.2) is 0 Å². The minimum atomic E-state index is 0.677. The highest BCUT2D eigenvalue weighted by Crippen LogP contribution is 2.38. The van der Waals surface area contributed by atoms with E-state index in [0.29, 0.717) is 10.6 Å². The highest BCUT2D eigenvalue weighted by Gasteiger charge is 2.24. The number of rotatable bonds is 3. The molecule has 0 amide bonds. The second kappa shape index (κ2) is 4.37. The summed E-state index contributed by atoms with van der Waals surface area (Å²) in [5.41, 5.74) is 2.44. The van der Waals surface area contributed by atoms with E-state index >= 15 is 0 Å². The first-order valence-corrected chi connectivity index (χ1v) is 6.21. The van der Waals surface area contributed by atoms with Gasteiger partial charge in [0, 0.05) is 24.5 Å². The maximum Gasteiger partial charge on any atom is 0.130 e. The molecule has 0 radical (unpaired) electrons. The topological polar surface area (TPSA) is 41.6 Å². The van der Waals surface area contributed by atoms with Crippen LogP contribution >= 0.6 is 12.2 Å². The molecule has 0 saturated heterocycles. The number of aromatic nitrogens is 3. The Hall–Kier alpha value is -1.55. The smallest absolute Gasteiger partial charge is 0.130 e. The summed E-state index contributed by atoms with van der Waals surface area (Å²) in [7, 11) is 0. The lowest BCUT2D eigenvalue weighted by molar-refractivity contribution is 0.892. The molecule has 0 aliphatic heterocycles. The van der Waals surface area contributed by atoms with Gasteiger partial charge in [-0.2, -0.15) is 0 Å². The zero-order chi connectivity index (χ0) is 11.7. The summed E-state index contributed by atoms with van der Waals surface area (Å²) in [5.74, 6) is 1.63. The van der Waals surface area contributed by atoms with Crippen molar-refractivity contribution < 1.29 is 0 Å². The molecule has 2 aromatic rings. The van der Waals surface area contributed by atoms with E-state index in [-0.39, 0.29) is 0 Å². The Morgan fingerprint density at radius 2 is 2.06 bits per heavy atom. The second-order valence-electron chi connectivity index (χ2n) is 4.43. The van der Waals surface area contributed by atoms with E-state index < -0.39 is 0 Å². The maximum absolute atomic E-state index is 5.21. The molecule has 0 aromatic carbocycles. The average molecular weight is 243 g/mol. The van der Waals surface area contributed by atoms with Crippen LogP contribution in [0, 0.1) is 4.64 Å². The Labute approximate surface area is 105 Å². The number of pyridine rings is 1. The summed E-state index contributed by atoms with van der Waals surface area (Å²) in [6.45, 7) is 0. The van der Waals surface area contributed by atoms with Gasteiger partial charge in [-0.25, -0.2) is 4.98 Å². The van der Waals surface area contributed by atoms with E-state index in [0.717, 1.165) is 12.2 Å². The van der Waals surface area contributed by atoms with Gasteiger partial charge in [0.25, 0.3) is 0 Å². The molecule has 1 saturated carbocycles. The number of hydrogen-bond donors (Lipinski definition) is 1. The molecule has 1 fully saturated rings. The minimum absolute atomic E-state index is 0.677. The third-order valence-electron chi connectivity index (χ3n) is 2.95. The van der Waals surface area contributed by atoms with Crippen LogP contribution in [0.15, 0.2) is 30.6 Å². The molecule has 1 aliphatic rings. The molecule has 86 valence electrons. The lowest BCUT2D eigenvalue weighted by Gasteiger charge is -2.04. The standard InChI is InChI=1S/C13H13N3S/c17-13-8-11(10-1-2-10)15-12(16-13)7-9-3-5-14-6-4-9/h3-6,8,10H,1-2,7H2,(H,15,16,17). The zero-order valence-electron chi connectivity index (χ0n) is 9.39. The average Bonchev–Trinajstić information content (AvgIpc) is 3.13. The van der Waals surface area contributed by atoms with E-state index in [9.17, 15) is 0 Å². The quantitative estimate of drug-likeness (QED) is 0.843. The van der Waals surface area contributed by atoms with Crippen molar-refractivity contribution in [2.24, 2.45) is 0 Å². The molecule has 0 bridgehead atoms. The molecule has 2 heterocycles. The first-order chi connectivity index (χ1) is 8.31. The molecule has 3 nitrogen and oxygen atoms in total. The molecule has 3 rings (SSSR count). The van der Waals surface area contributed by atoms with E-state index in [2.05, 4.69) is 15.0 Å². The molecule has 2 aromatic heterocycles. The Morgan fingerprint density at radius 1 is 1.29 bits per heavy atom. The van der Waals surface area contributed by atoms with Gasteiger partial charge in [0.05, 0.1) is 0 Å². The lowest BCUT2D eigenvalue weighted by Crippen LogP contribution is -2.00. The first-order valence-electron chi connectivity index (χ1n) is 5.80. The zero-order valence-corrected chi connectivity index (χ0v) is 10.2. The van der Waals surface area contributed by atoms with Gasteiger partial charge in [0.1, 0.15) is 10.5 Å². The Balaban J connectivity index is 1.90. The van der Waals surface area contributed by atoms with Crippen LogP contribution in [0.2, 0.25) is 0 Å². The minimum Gasteiger partial charge on any atom is -0.347 e. The highest BCUT2D eigenvalue weighted by atomic mass is 32.1. The first kappa shape index (κ1) is 10.6. The summed E-state index contributed by atoms with van der Waals surface area (Å²) >= 11 is 5.21. The summed E-state index contributed by atoms with van der Waals surface area (Å²) in [6.07, 6.45) is 6.92. The Kier molecular flexibility index (Phi) is 2.73. The van der Waals surface area contributed by atoms with Gasteiger partial charge >= 0.3 is 0 Å². The largest absolute Gasteiger partial charge is 0.347 e. The van der Waals surface area contributed by atoms with Crippen LogP contribution in [0.5, 0.6) is 0 Å². The van der Waals surface area contributed by atoms with Crippen LogP contribution < -0.4 is 0 Å². The molecule has 0 unspecified atom stereocenters.